The van der Waals surface area contributed by atoms with Crippen molar-refractivity contribution in [2.75, 3.05) is 6.54 Å². The number of rotatable bonds is 6. The van der Waals surface area contributed by atoms with Gasteiger partial charge in [0.15, 0.2) is 5.69 Å². The molecule has 4 aromatic rings. The largest absolute Gasteiger partial charge is 0.351 e. The lowest BCUT2D eigenvalue weighted by Gasteiger charge is -2.03. The van der Waals surface area contributed by atoms with Crippen molar-refractivity contribution in [3.63, 3.8) is 0 Å². The lowest BCUT2D eigenvalue weighted by molar-refractivity contribution is 0.0947. The van der Waals surface area contributed by atoms with Crippen LogP contribution in [0.15, 0.2) is 66.0 Å². The maximum Gasteiger partial charge on any atom is 0.274 e. The van der Waals surface area contributed by atoms with Crippen LogP contribution in [0.5, 0.6) is 0 Å². The van der Waals surface area contributed by atoms with E-state index in [2.05, 4.69) is 20.4 Å². The molecule has 8 nitrogen and oxygen atoms in total. The minimum Gasteiger partial charge on any atom is -0.351 e. The summed E-state index contributed by atoms with van der Waals surface area (Å²) in [7, 11) is 0. The van der Waals surface area contributed by atoms with E-state index in [9.17, 15) is 9.59 Å². The van der Waals surface area contributed by atoms with Crippen LogP contribution in [0, 0.1) is 0 Å². The molecule has 0 saturated carbocycles. The SMILES string of the molecule is O=C(NCCCn1ccnc1)c1cc2[nH]c(-c3ccccc3)cc(=O)n2n1. The summed E-state index contributed by atoms with van der Waals surface area (Å²) in [4.78, 5) is 31.8. The number of amides is 1. The molecule has 3 heterocycles. The monoisotopic (exact) mass is 362 g/mol. The third-order valence-electron chi connectivity index (χ3n) is 4.20. The van der Waals surface area contributed by atoms with Gasteiger partial charge >= 0.3 is 0 Å². The topological polar surface area (TPSA) is 97.1 Å². The first kappa shape index (κ1) is 16.8. The Labute approximate surface area is 154 Å². The van der Waals surface area contributed by atoms with Gasteiger partial charge in [0.1, 0.15) is 5.65 Å². The Hall–Kier alpha value is -3.68. The summed E-state index contributed by atoms with van der Waals surface area (Å²) >= 11 is 0. The van der Waals surface area contributed by atoms with Gasteiger partial charge in [-0.25, -0.2) is 4.98 Å². The molecule has 8 heteroatoms. The zero-order valence-electron chi connectivity index (χ0n) is 14.5. The molecule has 0 radical (unpaired) electrons. The molecule has 27 heavy (non-hydrogen) atoms. The van der Waals surface area contributed by atoms with Gasteiger partial charge < -0.3 is 14.9 Å². The summed E-state index contributed by atoms with van der Waals surface area (Å²) in [6.45, 7) is 1.28. The summed E-state index contributed by atoms with van der Waals surface area (Å²) in [6, 6.07) is 12.6. The van der Waals surface area contributed by atoms with Crippen molar-refractivity contribution in [1.29, 1.82) is 0 Å². The molecular weight excluding hydrogens is 344 g/mol. The minimum absolute atomic E-state index is 0.205. The molecule has 3 aromatic heterocycles. The van der Waals surface area contributed by atoms with E-state index in [-0.39, 0.29) is 17.2 Å². The number of carbonyl (C=O) groups is 1. The maximum absolute atomic E-state index is 12.3. The van der Waals surface area contributed by atoms with Crippen molar-refractivity contribution in [1.82, 2.24) is 29.5 Å². The zero-order valence-corrected chi connectivity index (χ0v) is 14.5. The number of hydrogen-bond donors (Lipinski definition) is 2. The standard InChI is InChI=1S/C19H18N6O2/c26-18-12-15(14-5-2-1-3-6-14)22-17-11-16(23-25(17)18)19(27)21-7-4-9-24-10-8-20-13-24/h1-3,5-6,8,10-13,22H,4,7,9H2,(H,21,27). The van der Waals surface area contributed by atoms with Crippen LogP contribution in [0.25, 0.3) is 16.9 Å². The number of nitrogens with one attached hydrogen (secondary N) is 2. The number of carbonyl (C=O) groups excluding carboxylic acids is 1. The lowest BCUT2D eigenvalue weighted by atomic mass is 10.1. The highest BCUT2D eigenvalue weighted by molar-refractivity contribution is 5.93. The molecule has 0 aliphatic carbocycles. The van der Waals surface area contributed by atoms with Gasteiger partial charge in [0, 0.05) is 37.6 Å². The van der Waals surface area contributed by atoms with Gasteiger partial charge in [-0.1, -0.05) is 30.3 Å². The number of aromatic nitrogens is 5. The van der Waals surface area contributed by atoms with Gasteiger partial charge in [-0.15, -0.1) is 0 Å². The van der Waals surface area contributed by atoms with Gasteiger partial charge in [-0.3, -0.25) is 9.59 Å². The predicted octanol–water partition coefficient (Wildman–Crippen LogP) is 1.71. The number of H-pyrrole nitrogens is 1. The Morgan fingerprint density at radius 1 is 1.19 bits per heavy atom. The Bertz CT molecular complexity index is 1110. The Morgan fingerprint density at radius 3 is 2.81 bits per heavy atom. The minimum atomic E-state index is -0.307. The number of hydrogen-bond acceptors (Lipinski definition) is 4. The van der Waals surface area contributed by atoms with E-state index in [1.165, 1.54) is 10.6 Å². The van der Waals surface area contributed by atoms with Crippen LogP contribution in [-0.4, -0.2) is 36.6 Å². The zero-order chi connectivity index (χ0) is 18.6. The van der Waals surface area contributed by atoms with Gasteiger partial charge in [0.25, 0.3) is 11.5 Å². The normalized spacial score (nSPS) is 11.0. The first-order valence-electron chi connectivity index (χ1n) is 8.63. The van der Waals surface area contributed by atoms with Crippen LogP contribution >= 0.6 is 0 Å². The lowest BCUT2D eigenvalue weighted by Crippen LogP contribution is -2.26. The average Bonchev–Trinajstić information content (AvgIpc) is 3.35. The van der Waals surface area contributed by atoms with E-state index >= 15 is 0 Å². The second-order valence-corrected chi connectivity index (χ2v) is 6.12. The number of nitrogens with zero attached hydrogens (tertiary/aromatic N) is 4. The maximum atomic E-state index is 12.3. The first-order valence-corrected chi connectivity index (χ1v) is 8.63. The van der Waals surface area contributed by atoms with Crippen LogP contribution in [0.1, 0.15) is 16.9 Å². The summed E-state index contributed by atoms with van der Waals surface area (Å²) in [6.07, 6.45) is 6.10. The molecule has 0 bridgehead atoms. The fraction of sp³-hybridized carbons (Fsp3) is 0.158. The Morgan fingerprint density at radius 2 is 2.04 bits per heavy atom. The first-order chi connectivity index (χ1) is 13.2. The van der Waals surface area contributed by atoms with Crippen molar-refractivity contribution in [2.45, 2.75) is 13.0 Å². The van der Waals surface area contributed by atoms with Crippen molar-refractivity contribution < 1.29 is 4.79 Å². The molecule has 0 aliphatic heterocycles. The summed E-state index contributed by atoms with van der Waals surface area (Å²) < 4.78 is 3.15. The molecule has 0 atom stereocenters. The van der Waals surface area contributed by atoms with Gasteiger partial charge in [0.05, 0.1) is 12.0 Å². The molecule has 1 aromatic carbocycles. The van der Waals surface area contributed by atoms with Crippen molar-refractivity contribution in [2.24, 2.45) is 0 Å². The second-order valence-electron chi connectivity index (χ2n) is 6.12. The van der Waals surface area contributed by atoms with E-state index < -0.39 is 0 Å². The number of aromatic amines is 1. The van der Waals surface area contributed by atoms with Crippen molar-refractivity contribution >= 4 is 11.6 Å². The number of benzene rings is 1. The highest BCUT2D eigenvalue weighted by Crippen LogP contribution is 2.15. The number of aryl methyl sites for hydroxylation is 1. The fourth-order valence-electron chi connectivity index (χ4n) is 2.85. The highest BCUT2D eigenvalue weighted by Gasteiger charge is 2.13. The van der Waals surface area contributed by atoms with Crippen LogP contribution in [0.2, 0.25) is 0 Å². The summed E-state index contributed by atoms with van der Waals surface area (Å²) in [5, 5.41) is 6.94. The van der Waals surface area contributed by atoms with E-state index in [1.807, 2.05) is 41.1 Å². The molecule has 0 saturated heterocycles. The fourth-order valence-corrected chi connectivity index (χ4v) is 2.85. The smallest absolute Gasteiger partial charge is 0.274 e. The molecule has 0 fully saturated rings. The van der Waals surface area contributed by atoms with E-state index in [0.29, 0.717) is 17.9 Å². The number of fused-ring (bicyclic) bond motifs is 1. The Balaban J connectivity index is 1.48. The van der Waals surface area contributed by atoms with Gasteiger partial charge in [-0.05, 0) is 12.0 Å². The molecule has 2 N–H and O–H groups in total. The second kappa shape index (κ2) is 7.28. The molecule has 0 spiro atoms. The molecule has 0 unspecified atom stereocenters. The Kier molecular flexibility index (Phi) is 4.52. The third kappa shape index (κ3) is 3.64. The van der Waals surface area contributed by atoms with Crippen LogP contribution in [-0.2, 0) is 6.54 Å². The predicted molar refractivity (Wildman–Crippen MR) is 100 cm³/mol. The van der Waals surface area contributed by atoms with E-state index in [1.54, 1.807) is 18.6 Å². The quantitative estimate of drug-likeness (QED) is 0.510. The van der Waals surface area contributed by atoms with E-state index in [4.69, 9.17) is 0 Å². The van der Waals surface area contributed by atoms with E-state index in [0.717, 1.165) is 18.5 Å². The van der Waals surface area contributed by atoms with Gasteiger partial charge in [-0.2, -0.15) is 9.61 Å². The highest BCUT2D eigenvalue weighted by atomic mass is 16.2. The van der Waals surface area contributed by atoms with Crippen LogP contribution < -0.4 is 10.9 Å². The van der Waals surface area contributed by atoms with Crippen LogP contribution in [0.3, 0.4) is 0 Å². The average molecular weight is 362 g/mol. The van der Waals surface area contributed by atoms with Crippen molar-refractivity contribution in [3.8, 4) is 11.3 Å². The van der Waals surface area contributed by atoms with Crippen molar-refractivity contribution in [3.05, 3.63) is 77.2 Å². The van der Waals surface area contributed by atoms with Crippen LogP contribution in [0.4, 0.5) is 0 Å². The summed E-state index contributed by atoms with van der Waals surface area (Å²) in [5.41, 5.74) is 1.96. The molecular formula is C19H18N6O2. The third-order valence-corrected chi connectivity index (χ3v) is 4.20. The molecule has 4 rings (SSSR count). The molecule has 136 valence electrons. The summed E-state index contributed by atoms with van der Waals surface area (Å²) in [5.74, 6) is -0.307. The number of imidazole rings is 1. The molecule has 0 aliphatic rings. The van der Waals surface area contributed by atoms with Gasteiger partial charge in [0.2, 0.25) is 0 Å². The molecule has 1 amide bonds.